The Bertz CT molecular complexity index is 681. The van der Waals surface area contributed by atoms with Crippen molar-refractivity contribution in [3.05, 3.63) is 53.7 Å². The molecular formula is C18H20N2O3. The number of aromatic nitrogens is 1. The standard InChI is InChI=1S/C18H20N2O3/c1-13-6-4-10-17(19-13)20-18(21)15-8-2-3-9-16(15)23-12-14-7-5-11-22-14/h2-4,6,8-10,14H,5,7,11-12H2,1H3,(H,19,20,21)/t14-/m0/s1. The highest BCUT2D eigenvalue weighted by atomic mass is 16.5. The van der Waals surface area contributed by atoms with Crippen LogP contribution < -0.4 is 10.1 Å². The van der Waals surface area contributed by atoms with Crippen molar-refractivity contribution in [1.82, 2.24) is 4.98 Å². The zero-order valence-electron chi connectivity index (χ0n) is 13.1. The second kappa shape index (κ2) is 7.24. The average Bonchev–Trinajstić information content (AvgIpc) is 3.06. The Morgan fingerprint density at radius 3 is 2.96 bits per heavy atom. The van der Waals surface area contributed by atoms with Gasteiger partial charge in [0, 0.05) is 12.3 Å². The maximum Gasteiger partial charge on any atom is 0.260 e. The number of nitrogens with one attached hydrogen (secondary N) is 1. The Kier molecular flexibility index (Phi) is 4.88. The number of hydrogen-bond donors (Lipinski definition) is 1. The number of hydrogen-bond acceptors (Lipinski definition) is 4. The molecular weight excluding hydrogens is 292 g/mol. The topological polar surface area (TPSA) is 60.5 Å². The van der Waals surface area contributed by atoms with Crippen LogP contribution in [0.5, 0.6) is 5.75 Å². The summed E-state index contributed by atoms with van der Waals surface area (Å²) < 4.78 is 11.3. The summed E-state index contributed by atoms with van der Waals surface area (Å²) in [5.74, 6) is 0.864. The highest BCUT2D eigenvalue weighted by Gasteiger charge is 2.18. The molecule has 0 radical (unpaired) electrons. The predicted molar refractivity (Wildman–Crippen MR) is 87.8 cm³/mol. The number of pyridine rings is 1. The number of para-hydroxylation sites is 1. The van der Waals surface area contributed by atoms with Crippen LogP contribution in [0.25, 0.3) is 0 Å². The Balaban J connectivity index is 1.69. The van der Waals surface area contributed by atoms with Gasteiger partial charge in [-0.1, -0.05) is 18.2 Å². The van der Waals surface area contributed by atoms with Gasteiger partial charge in [0.25, 0.3) is 5.91 Å². The number of aryl methyl sites for hydroxylation is 1. The highest BCUT2D eigenvalue weighted by Crippen LogP contribution is 2.21. The second-order valence-electron chi connectivity index (χ2n) is 5.56. The van der Waals surface area contributed by atoms with Gasteiger partial charge in [0.15, 0.2) is 0 Å². The summed E-state index contributed by atoms with van der Waals surface area (Å²) in [5.41, 5.74) is 1.35. The first-order valence-corrected chi connectivity index (χ1v) is 7.81. The summed E-state index contributed by atoms with van der Waals surface area (Å²) in [6.45, 7) is 3.14. The van der Waals surface area contributed by atoms with Crippen molar-refractivity contribution in [3.63, 3.8) is 0 Å². The Morgan fingerprint density at radius 1 is 1.30 bits per heavy atom. The van der Waals surface area contributed by atoms with Crippen LogP contribution in [0.3, 0.4) is 0 Å². The zero-order valence-corrected chi connectivity index (χ0v) is 13.1. The summed E-state index contributed by atoms with van der Waals surface area (Å²) >= 11 is 0. The second-order valence-corrected chi connectivity index (χ2v) is 5.56. The van der Waals surface area contributed by atoms with Gasteiger partial charge in [-0.05, 0) is 44.0 Å². The van der Waals surface area contributed by atoms with E-state index in [1.807, 2.05) is 31.2 Å². The molecule has 0 unspecified atom stereocenters. The molecule has 1 saturated heterocycles. The molecule has 120 valence electrons. The maximum atomic E-state index is 12.5. The molecule has 2 heterocycles. The molecule has 1 aliphatic heterocycles. The van der Waals surface area contributed by atoms with Crippen molar-refractivity contribution >= 4 is 11.7 Å². The third-order valence-electron chi connectivity index (χ3n) is 3.71. The summed E-state index contributed by atoms with van der Waals surface area (Å²) in [7, 11) is 0. The SMILES string of the molecule is Cc1cccc(NC(=O)c2ccccc2OC[C@@H]2CCCO2)n1. The van der Waals surface area contributed by atoms with E-state index in [0.29, 0.717) is 23.7 Å². The lowest BCUT2D eigenvalue weighted by atomic mass is 10.2. The number of anilines is 1. The maximum absolute atomic E-state index is 12.5. The third kappa shape index (κ3) is 4.07. The molecule has 2 aromatic rings. The molecule has 0 spiro atoms. The fourth-order valence-corrected chi connectivity index (χ4v) is 2.53. The van der Waals surface area contributed by atoms with Crippen LogP contribution in [-0.4, -0.2) is 30.2 Å². The number of carbonyl (C=O) groups excluding carboxylic acids is 1. The number of carbonyl (C=O) groups is 1. The van der Waals surface area contributed by atoms with E-state index in [-0.39, 0.29) is 12.0 Å². The molecule has 5 nitrogen and oxygen atoms in total. The van der Waals surface area contributed by atoms with Gasteiger partial charge in [-0.3, -0.25) is 4.79 Å². The van der Waals surface area contributed by atoms with Crippen LogP contribution in [0.4, 0.5) is 5.82 Å². The summed E-state index contributed by atoms with van der Waals surface area (Å²) in [6.07, 6.45) is 2.18. The lowest BCUT2D eigenvalue weighted by Gasteiger charge is -2.14. The molecule has 1 atom stereocenters. The molecule has 0 aliphatic carbocycles. The molecule has 5 heteroatoms. The van der Waals surface area contributed by atoms with Crippen molar-refractivity contribution in [2.24, 2.45) is 0 Å². The number of nitrogens with zero attached hydrogens (tertiary/aromatic N) is 1. The number of benzene rings is 1. The number of amides is 1. The Labute approximate surface area is 135 Å². The van der Waals surface area contributed by atoms with Crippen LogP contribution in [0.2, 0.25) is 0 Å². The van der Waals surface area contributed by atoms with Crippen molar-refractivity contribution in [3.8, 4) is 5.75 Å². The van der Waals surface area contributed by atoms with E-state index in [2.05, 4.69) is 10.3 Å². The smallest absolute Gasteiger partial charge is 0.260 e. The molecule has 0 saturated carbocycles. The zero-order chi connectivity index (χ0) is 16.1. The van der Waals surface area contributed by atoms with Gasteiger partial charge >= 0.3 is 0 Å². The summed E-state index contributed by atoms with van der Waals surface area (Å²) in [5, 5.41) is 2.81. The minimum Gasteiger partial charge on any atom is -0.490 e. The van der Waals surface area contributed by atoms with Gasteiger partial charge in [0.05, 0.1) is 11.7 Å². The van der Waals surface area contributed by atoms with E-state index < -0.39 is 0 Å². The van der Waals surface area contributed by atoms with Crippen LogP contribution in [0, 0.1) is 6.92 Å². The van der Waals surface area contributed by atoms with E-state index in [4.69, 9.17) is 9.47 Å². The minimum atomic E-state index is -0.231. The quantitative estimate of drug-likeness (QED) is 0.921. The van der Waals surface area contributed by atoms with Crippen LogP contribution >= 0.6 is 0 Å². The first-order valence-electron chi connectivity index (χ1n) is 7.81. The van der Waals surface area contributed by atoms with E-state index >= 15 is 0 Å². The van der Waals surface area contributed by atoms with Crippen LogP contribution in [-0.2, 0) is 4.74 Å². The minimum absolute atomic E-state index is 0.115. The largest absolute Gasteiger partial charge is 0.490 e. The molecule has 1 N–H and O–H groups in total. The van der Waals surface area contributed by atoms with E-state index in [1.165, 1.54) is 0 Å². The first-order chi connectivity index (χ1) is 11.2. The van der Waals surface area contributed by atoms with E-state index in [0.717, 1.165) is 25.1 Å². The number of ether oxygens (including phenoxy) is 2. The molecule has 1 aliphatic rings. The van der Waals surface area contributed by atoms with Gasteiger partial charge in [-0.25, -0.2) is 4.98 Å². The molecule has 1 fully saturated rings. The lowest BCUT2D eigenvalue weighted by molar-refractivity contribution is 0.0673. The highest BCUT2D eigenvalue weighted by molar-refractivity contribution is 6.05. The van der Waals surface area contributed by atoms with Crippen molar-refractivity contribution < 1.29 is 14.3 Å². The van der Waals surface area contributed by atoms with E-state index in [9.17, 15) is 4.79 Å². The van der Waals surface area contributed by atoms with Gasteiger partial charge in [0.1, 0.15) is 18.2 Å². The molecule has 1 aromatic carbocycles. The molecule has 0 bridgehead atoms. The van der Waals surface area contributed by atoms with Gasteiger partial charge in [-0.2, -0.15) is 0 Å². The summed E-state index contributed by atoms with van der Waals surface area (Å²) in [6, 6.07) is 12.7. The normalized spacial score (nSPS) is 17.0. The third-order valence-corrected chi connectivity index (χ3v) is 3.71. The molecule has 23 heavy (non-hydrogen) atoms. The summed E-state index contributed by atoms with van der Waals surface area (Å²) in [4.78, 5) is 16.8. The molecule has 1 aromatic heterocycles. The van der Waals surface area contributed by atoms with Gasteiger partial charge in [0.2, 0.25) is 0 Å². The van der Waals surface area contributed by atoms with Crippen molar-refractivity contribution in [2.75, 3.05) is 18.5 Å². The van der Waals surface area contributed by atoms with Gasteiger partial charge in [-0.15, -0.1) is 0 Å². The monoisotopic (exact) mass is 312 g/mol. The van der Waals surface area contributed by atoms with Crippen LogP contribution in [0.1, 0.15) is 28.9 Å². The average molecular weight is 312 g/mol. The predicted octanol–water partition coefficient (Wildman–Crippen LogP) is 3.20. The Morgan fingerprint density at radius 2 is 2.17 bits per heavy atom. The van der Waals surface area contributed by atoms with Gasteiger partial charge < -0.3 is 14.8 Å². The van der Waals surface area contributed by atoms with Crippen molar-refractivity contribution in [1.29, 1.82) is 0 Å². The Hall–Kier alpha value is -2.40. The number of rotatable bonds is 5. The fourth-order valence-electron chi connectivity index (χ4n) is 2.53. The fraction of sp³-hybridized carbons (Fsp3) is 0.333. The first kappa shape index (κ1) is 15.5. The molecule has 1 amide bonds. The van der Waals surface area contributed by atoms with Crippen molar-refractivity contribution in [2.45, 2.75) is 25.9 Å². The molecule has 3 rings (SSSR count). The van der Waals surface area contributed by atoms with Crippen LogP contribution in [0.15, 0.2) is 42.5 Å². The van der Waals surface area contributed by atoms with E-state index in [1.54, 1.807) is 18.2 Å². The lowest BCUT2D eigenvalue weighted by Crippen LogP contribution is -2.19.